The minimum atomic E-state index is -0.201. The van der Waals surface area contributed by atoms with Gasteiger partial charge in [-0.1, -0.05) is 0 Å². The monoisotopic (exact) mass is 357 g/mol. The summed E-state index contributed by atoms with van der Waals surface area (Å²) in [6, 6.07) is 5.41. The van der Waals surface area contributed by atoms with Gasteiger partial charge < -0.3 is 9.88 Å². The first-order chi connectivity index (χ1) is 8.74. The van der Waals surface area contributed by atoms with Crippen molar-refractivity contribution in [1.29, 1.82) is 0 Å². The predicted molar refractivity (Wildman–Crippen MR) is 76.9 cm³/mol. The van der Waals surface area contributed by atoms with Gasteiger partial charge in [-0.25, -0.2) is 9.37 Å². The molecular formula is C13H13FIN3. The Morgan fingerprint density at radius 3 is 3.00 bits per heavy atom. The smallest absolute Gasteiger partial charge is 0.124 e. The largest absolute Gasteiger partial charge is 0.379 e. The number of rotatable bonds is 4. The molecule has 1 N–H and O–H groups in total. The molecule has 0 spiro atoms. The van der Waals surface area contributed by atoms with Crippen molar-refractivity contribution < 1.29 is 4.39 Å². The molecule has 0 radical (unpaired) electrons. The highest BCUT2D eigenvalue weighted by atomic mass is 127. The Labute approximate surface area is 119 Å². The Bertz CT molecular complexity index is 563. The number of anilines is 1. The summed E-state index contributed by atoms with van der Waals surface area (Å²) in [6.07, 6.45) is 6.28. The van der Waals surface area contributed by atoms with Crippen LogP contribution in [0.25, 0.3) is 0 Å². The number of hydrogen-bond acceptors (Lipinski definition) is 2. The van der Waals surface area contributed by atoms with Crippen molar-refractivity contribution in [2.45, 2.75) is 25.4 Å². The average Bonchev–Trinajstić information content (AvgIpc) is 3.08. The Morgan fingerprint density at radius 2 is 2.28 bits per heavy atom. The Kier molecular flexibility index (Phi) is 3.23. The molecule has 1 aliphatic rings. The van der Waals surface area contributed by atoms with Crippen molar-refractivity contribution in [2.24, 2.45) is 0 Å². The summed E-state index contributed by atoms with van der Waals surface area (Å²) in [5.41, 5.74) is 2.14. The van der Waals surface area contributed by atoms with Crippen LogP contribution in [0.2, 0.25) is 0 Å². The SMILES string of the molecule is Fc1ccc(NCc2cncn2C2CC2)c(I)c1. The number of nitrogens with zero attached hydrogens (tertiary/aromatic N) is 2. The van der Waals surface area contributed by atoms with Crippen LogP contribution < -0.4 is 5.32 Å². The third-order valence-electron chi connectivity index (χ3n) is 3.08. The minimum absolute atomic E-state index is 0.201. The molecule has 3 rings (SSSR count). The molecule has 0 bridgehead atoms. The summed E-state index contributed by atoms with van der Waals surface area (Å²) in [4.78, 5) is 4.19. The standard InChI is InChI=1S/C13H13FIN3/c14-9-1-4-13(12(15)5-9)17-7-11-6-16-8-18(11)10-2-3-10/h1,4-6,8,10,17H,2-3,7H2. The second-order valence-electron chi connectivity index (χ2n) is 4.50. The van der Waals surface area contributed by atoms with Crippen molar-refractivity contribution in [1.82, 2.24) is 9.55 Å². The molecule has 1 fully saturated rings. The van der Waals surface area contributed by atoms with E-state index in [2.05, 4.69) is 37.5 Å². The van der Waals surface area contributed by atoms with Crippen LogP contribution in [0, 0.1) is 9.39 Å². The van der Waals surface area contributed by atoms with E-state index in [1.807, 2.05) is 12.5 Å². The van der Waals surface area contributed by atoms with Gasteiger partial charge in [0.25, 0.3) is 0 Å². The molecule has 1 aromatic heterocycles. The van der Waals surface area contributed by atoms with Gasteiger partial charge in [0.15, 0.2) is 0 Å². The van der Waals surface area contributed by atoms with Gasteiger partial charge in [-0.2, -0.15) is 0 Å². The number of benzene rings is 1. The molecule has 94 valence electrons. The van der Waals surface area contributed by atoms with Crippen LogP contribution in [-0.4, -0.2) is 9.55 Å². The lowest BCUT2D eigenvalue weighted by molar-refractivity contribution is 0.627. The van der Waals surface area contributed by atoms with Gasteiger partial charge in [-0.15, -0.1) is 0 Å². The third-order valence-corrected chi connectivity index (χ3v) is 3.97. The topological polar surface area (TPSA) is 29.9 Å². The predicted octanol–water partition coefficient (Wildman–Crippen LogP) is 3.57. The zero-order valence-electron chi connectivity index (χ0n) is 9.74. The fraction of sp³-hybridized carbons (Fsp3) is 0.308. The highest BCUT2D eigenvalue weighted by Gasteiger charge is 2.24. The Hall–Kier alpha value is -1.11. The van der Waals surface area contributed by atoms with E-state index in [9.17, 15) is 4.39 Å². The number of halogens is 2. The molecule has 0 atom stereocenters. The van der Waals surface area contributed by atoms with Crippen molar-refractivity contribution in [2.75, 3.05) is 5.32 Å². The lowest BCUT2D eigenvalue weighted by atomic mass is 10.3. The van der Waals surface area contributed by atoms with Crippen LogP contribution >= 0.6 is 22.6 Å². The number of nitrogens with one attached hydrogen (secondary N) is 1. The van der Waals surface area contributed by atoms with Gasteiger partial charge in [0.2, 0.25) is 0 Å². The van der Waals surface area contributed by atoms with E-state index in [4.69, 9.17) is 0 Å². The van der Waals surface area contributed by atoms with Crippen LogP contribution in [0.5, 0.6) is 0 Å². The van der Waals surface area contributed by atoms with Gasteiger partial charge in [0.1, 0.15) is 5.82 Å². The van der Waals surface area contributed by atoms with E-state index < -0.39 is 0 Å². The summed E-state index contributed by atoms with van der Waals surface area (Å²) in [6.45, 7) is 0.720. The second kappa shape index (κ2) is 4.87. The summed E-state index contributed by atoms with van der Waals surface area (Å²) in [7, 11) is 0. The van der Waals surface area contributed by atoms with Gasteiger partial charge in [0.05, 0.1) is 18.6 Å². The number of hydrogen-bond donors (Lipinski definition) is 1. The van der Waals surface area contributed by atoms with Crippen molar-refractivity contribution in [3.63, 3.8) is 0 Å². The normalized spacial score (nSPS) is 14.8. The molecule has 18 heavy (non-hydrogen) atoms. The molecule has 1 saturated carbocycles. The first-order valence-electron chi connectivity index (χ1n) is 5.93. The fourth-order valence-corrected chi connectivity index (χ4v) is 2.64. The molecule has 2 aromatic rings. The van der Waals surface area contributed by atoms with Crippen molar-refractivity contribution in [3.8, 4) is 0 Å². The van der Waals surface area contributed by atoms with Gasteiger partial charge in [-0.3, -0.25) is 0 Å². The minimum Gasteiger partial charge on any atom is -0.379 e. The lowest BCUT2D eigenvalue weighted by Crippen LogP contribution is -2.06. The maximum Gasteiger partial charge on any atom is 0.124 e. The zero-order chi connectivity index (χ0) is 12.5. The quantitative estimate of drug-likeness (QED) is 0.848. The molecular weight excluding hydrogens is 344 g/mol. The highest BCUT2D eigenvalue weighted by Crippen LogP contribution is 2.35. The molecule has 0 aliphatic heterocycles. The van der Waals surface area contributed by atoms with Gasteiger partial charge in [0, 0.05) is 21.5 Å². The first-order valence-corrected chi connectivity index (χ1v) is 7.01. The Morgan fingerprint density at radius 1 is 1.44 bits per heavy atom. The van der Waals surface area contributed by atoms with E-state index >= 15 is 0 Å². The van der Waals surface area contributed by atoms with Crippen LogP contribution in [0.3, 0.4) is 0 Å². The summed E-state index contributed by atoms with van der Waals surface area (Å²) < 4.78 is 16.1. The maximum absolute atomic E-state index is 13.0. The van der Waals surface area contributed by atoms with Crippen molar-refractivity contribution >= 4 is 28.3 Å². The Balaban J connectivity index is 1.71. The molecule has 1 aromatic carbocycles. The van der Waals surface area contributed by atoms with Gasteiger partial charge in [-0.05, 0) is 53.6 Å². The van der Waals surface area contributed by atoms with Crippen molar-refractivity contribution in [3.05, 3.63) is 45.8 Å². The number of imidazole rings is 1. The molecule has 1 heterocycles. The third kappa shape index (κ3) is 2.50. The van der Waals surface area contributed by atoms with Crippen LogP contribution in [0.1, 0.15) is 24.6 Å². The second-order valence-corrected chi connectivity index (χ2v) is 5.66. The van der Waals surface area contributed by atoms with Crippen LogP contribution in [0.4, 0.5) is 10.1 Å². The number of aromatic nitrogens is 2. The van der Waals surface area contributed by atoms with E-state index in [0.717, 1.165) is 15.8 Å². The molecule has 0 amide bonds. The fourth-order valence-electron chi connectivity index (χ4n) is 1.97. The molecule has 3 nitrogen and oxygen atoms in total. The van der Waals surface area contributed by atoms with E-state index in [-0.39, 0.29) is 5.82 Å². The summed E-state index contributed by atoms with van der Waals surface area (Å²) in [5, 5.41) is 3.33. The molecule has 0 unspecified atom stereocenters. The van der Waals surface area contributed by atoms with E-state index in [1.54, 1.807) is 6.07 Å². The molecule has 0 saturated heterocycles. The van der Waals surface area contributed by atoms with Crippen LogP contribution in [-0.2, 0) is 6.54 Å². The first kappa shape index (κ1) is 12.0. The molecule has 1 aliphatic carbocycles. The maximum atomic E-state index is 13.0. The average molecular weight is 357 g/mol. The van der Waals surface area contributed by atoms with E-state index in [1.165, 1.54) is 30.7 Å². The zero-order valence-corrected chi connectivity index (χ0v) is 11.9. The summed E-state index contributed by atoms with van der Waals surface area (Å²) >= 11 is 2.14. The van der Waals surface area contributed by atoms with Crippen LogP contribution in [0.15, 0.2) is 30.7 Å². The highest BCUT2D eigenvalue weighted by molar-refractivity contribution is 14.1. The molecule has 5 heteroatoms. The summed E-state index contributed by atoms with van der Waals surface area (Å²) in [5.74, 6) is -0.201. The van der Waals surface area contributed by atoms with Gasteiger partial charge >= 0.3 is 0 Å². The lowest BCUT2D eigenvalue weighted by Gasteiger charge is -2.10. The van der Waals surface area contributed by atoms with E-state index in [0.29, 0.717) is 6.04 Å².